The number of aryl methyl sites for hydroxylation is 1. The summed E-state index contributed by atoms with van der Waals surface area (Å²) in [5.41, 5.74) is 8.68. The summed E-state index contributed by atoms with van der Waals surface area (Å²) in [7, 11) is 1.92. The number of rotatable bonds is 4. The van der Waals surface area contributed by atoms with E-state index in [9.17, 15) is 0 Å². The van der Waals surface area contributed by atoms with E-state index in [4.69, 9.17) is 5.73 Å². The normalized spacial score (nSPS) is 10.3. The zero-order valence-electron chi connectivity index (χ0n) is 9.35. The molecule has 0 radical (unpaired) electrons. The molecule has 0 aliphatic rings. The maximum Gasteiger partial charge on any atom is 0.0642 e. The molecule has 0 amide bonds. The standard InChI is InChI=1S/C12H16N4/c1-16-9-7-10(15-16)6-8-14-12-5-3-2-4-11(12)13/h2-5,7,9,14H,6,8,13H2,1H3. The second-order valence-electron chi connectivity index (χ2n) is 3.74. The molecule has 0 unspecified atom stereocenters. The fraction of sp³-hybridized carbons (Fsp3) is 0.250. The number of hydrogen-bond donors (Lipinski definition) is 2. The fourth-order valence-corrected chi connectivity index (χ4v) is 1.58. The first kappa shape index (κ1) is 10.5. The maximum atomic E-state index is 5.82. The van der Waals surface area contributed by atoms with Crippen molar-refractivity contribution in [3.63, 3.8) is 0 Å². The average Bonchev–Trinajstić information content (AvgIpc) is 2.67. The van der Waals surface area contributed by atoms with E-state index in [0.717, 1.165) is 30.0 Å². The number of para-hydroxylation sites is 2. The molecule has 16 heavy (non-hydrogen) atoms. The van der Waals surface area contributed by atoms with Crippen molar-refractivity contribution in [2.45, 2.75) is 6.42 Å². The summed E-state index contributed by atoms with van der Waals surface area (Å²) in [6.45, 7) is 0.839. The number of nitrogens with one attached hydrogen (secondary N) is 1. The SMILES string of the molecule is Cn1ccc(CCNc2ccccc2N)n1. The van der Waals surface area contributed by atoms with E-state index < -0.39 is 0 Å². The first-order valence-electron chi connectivity index (χ1n) is 5.32. The van der Waals surface area contributed by atoms with Crippen LogP contribution >= 0.6 is 0 Å². The van der Waals surface area contributed by atoms with Crippen molar-refractivity contribution in [1.82, 2.24) is 9.78 Å². The second-order valence-corrected chi connectivity index (χ2v) is 3.74. The lowest BCUT2D eigenvalue weighted by atomic mass is 10.2. The minimum Gasteiger partial charge on any atom is -0.397 e. The fourth-order valence-electron chi connectivity index (χ4n) is 1.58. The molecule has 2 rings (SSSR count). The van der Waals surface area contributed by atoms with Gasteiger partial charge in [-0.2, -0.15) is 5.10 Å². The van der Waals surface area contributed by atoms with Crippen molar-refractivity contribution in [1.29, 1.82) is 0 Å². The minimum atomic E-state index is 0.781. The van der Waals surface area contributed by atoms with Crippen molar-refractivity contribution >= 4 is 11.4 Å². The zero-order valence-corrected chi connectivity index (χ0v) is 9.35. The zero-order chi connectivity index (χ0) is 11.4. The highest BCUT2D eigenvalue weighted by Crippen LogP contribution is 2.16. The van der Waals surface area contributed by atoms with E-state index >= 15 is 0 Å². The molecule has 1 aromatic heterocycles. The molecule has 2 aromatic rings. The molecule has 0 bridgehead atoms. The summed E-state index contributed by atoms with van der Waals surface area (Å²) in [6.07, 6.45) is 2.85. The van der Waals surface area contributed by atoms with Gasteiger partial charge in [-0.15, -0.1) is 0 Å². The van der Waals surface area contributed by atoms with E-state index in [1.54, 1.807) is 0 Å². The van der Waals surface area contributed by atoms with E-state index in [2.05, 4.69) is 10.4 Å². The summed E-state index contributed by atoms with van der Waals surface area (Å²) < 4.78 is 1.81. The van der Waals surface area contributed by atoms with Crippen LogP contribution in [0.4, 0.5) is 11.4 Å². The number of nitrogens with zero attached hydrogens (tertiary/aromatic N) is 2. The molecule has 0 saturated carbocycles. The lowest BCUT2D eigenvalue weighted by Gasteiger charge is -2.07. The highest BCUT2D eigenvalue weighted by Gasteiger charge is 1.98. The van der Waals surface area contributed by atoms with Crippen molar-refractivity contribution in [2.24, 2.45) is 7.05 Å². The molecule has 3 N–H and O–H groups in total. The monoisotopic (exact) mass is 216 g/mol. The van der Waals surface area contributed by atoms with E-state index in [1.807, 2.05) is 48.3 Å². The average molecular weight is 216 g/mol. The largest absolute Gasteiger partial charge is 0.397 e. The summed E-state index contributed by atoms with van der Waals surface area (Å²) in [4.78, 5) is 0. The van der Waals surface area contributed by atoms with Crippen LogP contribution in [0, 0.1) is 0 Å². The summed E-state index contributed by atoms with van der Waals surface area (Å²) in [6, 6.07) is 9.80. The highest BCUT2D eigenvalue weighted by molar-refractivity contribution is 5.65. The Morgan fingerprint density at radius 2 is 2.12 bits per heavy atom. The topological polar surface area (TPSA) is 55.9 Å². The van der Waals surface area contributed by atoms with Crippen molar-refractivity contribution < 1.29 is 0 Å². The predicted octanol–water partition coefficient (Wildman–Crippen LogP) is 1.66. The third-order valence-electron chi connectivity index (χ3n) is 2.43. The van der Waals surface area contributed by atoms with Gasteiger partial charge in [-0.3, -0.25) is 4.68 Å². The molecule has 0 fully saturated rings. The molecular weight excluding hydrogens is 200 g/mol. The molecule has 1 aromatic carbocycles. The Balaban J connectivity index is 1.87. The lowest BCUT2D eigenvalue weighted by molar-refractivity contribution is 0.742. The summed E-state index contributed by atoms with van der Waals surface area (Å²) in [5.74, 6) is 0. The third-order valence-corrected chi connectivity index (χ3v) is 2.43. The highest BCUT2D eigenvalue weighted by atomic mass is 15.2. The maximum absolute atomic E-state index is 5.82. The number of aromatic nitrogens is 2. The van der Waals surface area contributed by atoms with E-state index in [1.165, 1.54) is 0 Å². The third kappa shape index (κ3) is 2.53. The van der Waals surface area contributed by atoms with Gasteiger partial charge in [0.25, 0.3) is 0 Å². The van der Waals surface area contributed by atoms with Gasteiger partial charge in [-0.1, -0.05) is 12.1 Å². The first-order chi connectivity index (χ1) is 7.75. The van der Waals surface area contributed by atoms with Gasteiger partial charge in [-0.05, 0) is 18.2 Å². The van der Waals surface area contributed by atoms with Crippen LogP contribution in [0.15, 0.2) is 36.5 Å². The van der Waals surface area contributed by atoms with Gasteiger partial charge >= 0.3 is 0 Å². The Hall–Kier alpha value is -1.97. The van der Waals surface area contributed by atoms with E-state index in [-0.39, 0.29) is 0 Å². The quantitative estimate of drug-likeness (QED) is 0.764. The Morgan fingerprint density at radius 1 is 1.31 bits per heavy atom. The Morgan fingerprint density at radius 3 is 2.81 bits per heavy atom. The second kappa shape index (κ2) is 4.70. The minimum absolute atomic E-state index is 0.781. The number of anilines is 2. The first-order valence-corrected chi connectivity index (χ1v) is 5.32. The molecule has 1 heterocycles. The molecule has 0 spiro atoms. The molecule has 4 nitrogen and oxygen atoms in total. The van der Waals surface area contributed by atoms with Crippen molar-refractivity contribution in [2.75, 3.05) is 17.6 Å². The molecule has 0 saturated heterocycles. The molecule has 0 aliphatic carbocycles. The smallest absolute Gasteiger partial charge is 0.0642 e. The van der Waals surface area contributed by atoms with Gasteiger partial charge in [0.05, 0.1) is 17.1 Å². The molecule has 0 aliphatic heterocycles. The van der Waals surface area contributed by atoms with Gasteiger partial charge < -0.3 is 11.1 Å². The van der Waals surface area contributed by atoms with Crippen molar-refractivity contribution in [3.05, 3.63) is 42.2 Å². The van der Waals surface area contributed by atoms with Crippen LogP contribution in [0.2, 0.25) is 0 Å². The predicted molar refractivity (Wildman–Crippen MR) is 66.3 cm³/mol. The van der Waals surface area contributed by atoms with Gasteiger partial charge in [0, 0.05) is 26.2 Å². The van der Waals surface area contributed by atoms with Crippen LogP contribution in [0.25, 0.3) is 0 Å². The van der Waals surface area contributed by atoms with Crippen LogP contribution < -0.4 is 11.1 Å². The summed E-state index contributed by atoms with van der Waals surface area (Å²) >= 11 is 0. The van der Waals surface area contributed by atoms with Gasteiger partial charge in [0.1, 0.15) is 0 Å². The number of nitrogens with two attached hydrogens (primary N) is 1. The van der Waals surface area contributed by atoms with Crippen LogP contribution in [0.1, 0.15) is 5.69 Å². The van der Waals surface area contributed by atoms with Crippen LogP contribution in [-0.4, -0.2) is 16.3 Å². The van der Waals surface area contributed by atoms with Gasteiger partial charge in [-0.25, -0.2) is 0 Å². The molecule has 0 atom stereocenters. The lowest BCUT2D eigenvalue weighted by Crippen LogP contribution is -2.07. The molecule has 4 heteroatoms. The van der Waals surface area contributed by atoms with Gasteiger partial charge in [0.15, 0.2) is 0 Å². The Labute approximate surface area is 95.1 Å². The van der Waals surface area contributed by atoms with Crippen molar-refractivity contribution in [3.8, 4) is 0 Å². The van der Waals surface area contributed by atoms with Crippen LogP contribution in [0.3, 0.4) is 0 Å². The molecular formula is C12H16N4. The van der Waals surface area contributed by atoms with Crippen LogP contribution in [-0.2, 0) is 13.5 Å². The number of nitrogen functional groups attached to an aromatic ring is 1. The number of benzene rings is 1. The Kier molecular flexibility index (Phi) is 3.10. The van der Waals surface area contributed by atoms with Gasteiger partial charge in [0.2, 0.25) is 0 Å². The van der Waals surface area contributed by atoms with Crippen LogP contribution in [0.5, 0.6) is 0 Å². The number of hydrogen-bond acceptors (Lipinski definition) is 3. The Bertz CT molecular complexity index is 462. The summed E-state index contributed by atoms with van der Waals surface area (Å²) in [5, 5.41) is 7.61. The molecule has 84 valence electrons. The van der Waals surface area contributed by atoms with E-state index in [0.29, 0.717) is 0 Å².